The van der Waals surface area contributed by atoms with Crippen LogP contribution in [0.2, 0.25) is 0 Å². The minimum absolute atomic E-state index is 0.0108. The lowest BCUT2D eigenvalue weighted by molar-refractivity contribution is -0.133. The van der Waals surface area contributed by atoms with E-state index in [9.17, 15) is 4.79 Å². The minimum atomic E-state index is -0.839. The third-order valence-corrected chi connectivity index (χ3v) is 4.66. The molecule has 118 valence electrons. The van der Waals surface area contributed by atoms with Crippen molar-refractivity contribution in [1.29, 1.82) is 0 Å². The lowest BCUT2D eigenvalue weighted by atomic mass is 9.97. The van der Waals surface area contributed by atoms with E-state index in [2.05, 4.69) is 34.1 Å². The number of aliphatic carboxylic acids is 1. The lowest BCUT2D eigenvalue weighted by Crippen LogP contribution is -2.38. The van der Waals surface area contributed by atoms with Gasteiger partial charge < -0.3 is 14.9 Å². The van der Waals surface area contributed by atoms with E-state index >= 15 is 0 Å². The summed E-state index contributed by atoms with van der Waals surface area (Å²) in [4.78, 5) is 15.1. The second-order valence-corrected chi connectivity index (χ2v) is 6.66. The van der Waals surface area contributed by atoms with Gasteiger partial charge in [-0.3, -0.25) is 9.36 Å². The third-order valence-electron chi connectivity index (χ3n) is 3.66. The third kappa shape index (κ3) is 4.34. The maximum atomic E-state index is 10.6. The molecule has 2 rings (SSSR count). The highest BCUT2D eigenvalue weighted by atomic mass is 32.2. The van der Waals surface area contributed by atoms with Crippen LogP contribution in [0, 0.1) is 5.92 Å². The predicted octanol–water partition coefficient (Wildman–Crippen LogP) is 0.770. The largest absolute Gasteiger partial charge is 0.481 e. The molecule has 21 heavy (non-hydrogen) atoms. The summed E-state index contributed by atoms with van der Waals surface area (Å²) in [6, 6.07) is 0. The van der Waals surface area contributed by atoms with E-state index in [0.717, 1.165) is 44.3 Å². The second-order valence-electron chi connectivity index (χ2n) is 5.72. The van der Waals surface area contributed by atoms with Crippen LogP contribution in [0.4, 0.5) is 5.95 Å². The summed E-state index contributed by atoms with van der Waals surface area (Å²) >= 11 is 1.21. The predicted molar refractivity (Wildman–Crippen MR) is 82.9 cm³/mol. The van der Waals surface area contributed by atoms with E-state index in [0.29, 0.717) is 5.16 Å². The molecule has 1 fully saturated rings. The maximum absolute atomic E-state index is 10.6. The van der Waals surface area contributed by atoms with Crippen LogP contribution in [-0.4, -0.2) is 70.2 Å². The molecule has 0 bridgehead atoms. The van der Waals surface area contributed by atoms with Crippen LogP contribution in [0.5, 0.6) is 0 Å². The van der Waals surface area contributed by atoms with Crippen molar-refractivity contribution < 1.29 is 9.90 Å². The molecule has 0 atom stereocenters. The van der Waals surface area contributed by atoms with E-state index in [1.165, 1.54) is 11.8 Å². The van der Waals surface area contributed by atoms with E-state index in [1.807, 2.05) is 11.6 Å². The van der Waals surface area contributed by atoms with Gasteiger partial charge in [0.2, 0.25) is 5.95 Å². The van der Waals surface area contributed by atoms with Crippen LogP contribution in [0.1, 0.15) is 12.8 Å². The molecule has 2 heterocycles. The normalized spacial score (nSPS) is 16.7. The number of carbonyl (C=O) groups is 1. The fourth-order valence-electron chi connectivity index (χ4n) is 2.67. The number of nitrogens with zero attached hydrogens (tertiary/aromatic N) is 5. The second kappa shape index (κ2) is 7.13. The Labute approximate surface area is 129 Å². The lowest BCUT2D eigenvalue weighted by Gasteiger charge is -2.33. The molecule has 1 aromatic heterocycles. The fourth-order valence-corrected chi connectivity index (χ4v) is 3.29. The van der Waals surface area contributed by atoms with Crippen molar-refractivity contribution in [3.63, 3.8) is 0 Å². The van der Waals surface area contributed by atoms with E-state index in [4.69, 9.17) is 5.11 Å². The first-order valence-corrected chi connectivity index (χ1v) is 8.09. The monoisotopic (exact) mass is 313 g/mol. The molecule has 1 aliphatic heterocycles. The Kier molecular flexibility index (Phi) is 5.46. The Morgan fingerprint density at radius 1 is 1.38 bits per heavy atom. The van der Waals surface area contributed by atoms with E-state index in [-0.39, 0.29) is 5.75 Å². The van der Waals surface area contributed by atoms with Crippen molar-refractivity contribution in [2.24, 2.45) is 13.0 Å². The summed E-state index contributed by atoms with van der Waals surface area (Å²) < 4.78 is 1.89. The molecule has 0 amide bonds. The number of thioether (sulfide) groups is 1. The number of aromatic nitrogens is 3. The summed E-state index contributed by atoms with van der Waals surface area (Å²) in [5.41, 5.74) is 0. The molecule has 7 nitrogen and oxygen atoms in total. The Morgan fingerprint density at radius 3 is 2.62 bits per heavy atom. The Hall–Kier alpha value is -1.28. The summed E-state index contributed by atoms with van der Waals surface area (Å²) in [7, 11) is 6.12. The highest BCUT2D eigenvalue weighted by Gasteiger charge is 2.23. The van der Waals surface area contributed by atoms with Gasteiger partial charge in [-0.2, -0.15) is 0 Å². The van der Waals surface area contributed by atoms with Crippen LogP contribution in [0.15, 0.2) is 5.16 Å². The minimum Gasteiger partial charge on any atom is -0.481 e. The highest BCUT2D eigenvalue weighted by molar-refractivity contribution is 7.99. The molecule has 0 unspecified atom stereocenters. The van der Waals surface area contributed by atoms with Gasteiger partial charge in [-0.25, -0.2) is 0 Å². The van der Waals surface area contributed by atoms with Crippen LogP contribution >= 0.6 is 11.8 Å². The van der Waals surface area contributed by atoms with Gasteiger partial charge in [0.1, 0.15) is 0 Å². The SMILES string of the molecule is CN(C)CC1CCN(c2nnc(SCC(=O)O)n2C)CC1. The van der Waals surface area contributed by atoms with Gasteiger partial charge in [-0.1, -0.05) is 11.8 Å². The van der Waals surface area contributed by atoms with Crippen molar-refractivity contribution >= 4 is 23.7 Å². The Morgan fingerprint density at radius 2 is 2.05 bits per heavy atom. The zero-order valence-corrected chi connectivity index (χ0v) is 13.6. The van der Waals surface area contributed by atoms with Gasteiger partial charge in [-0.05, 0) is 32.9 Å². The van der Waals surface area contributed by atoms with Gasteiger partial charge in [0.25, 0.3) is 0 Å². The average molecular weight is 313 g/mol. The number of carboxylic acid groups (broad SMARTS) is 1. The molecule has 0 saturated carbocycles. The smallest absolute Gasteiger partial charge is 0.313 e. The van der Waals surface area contributed by atoms with Crippen molar-refractivity contribution in [3.8, 4) is 0 Å². The quantitative estimate of drug-likeness (QED) is 0.778. The number of rotatable bonds is 6. The molecule has 0 aliphatic carbocycles. The number of hydrogen-bond acceptors (Lipinski definition) is 6. The van der Waals surface area contributed by atoms with Crippen LogP contribution in [-0.2, 0) is 11.8 Å². The van der Waals surface area contributed by atoms with Gasteiger partial charge >= 0.3 is 5.97 Å². The number of carboxylic acids is 1. The molecule has 1 N–H and O–H groups in total. The van der Waals surface area contributed by atoms with Gasteiger partial charge in [-0.15, -0.1) is 10.2 Å². The summed E-state index contributed by atoms with van der Waals surface area (Å²) in [5, 5.41) is 17.7. The standard InChI is InChI=1S/C13H23N5O2S/c1-16(2)8-10-4-6-18(7-5-10)12-14-15-13(17(12)3)21-9-11(19)20/h10H,4-9H2,1-3H3,(H,19,20). The first-order valence-electron chi connectivity index (χ1n) is 7.11. The molecular weight excluding hydrogens is 290 g/mol. The molecular formula is C13H23N5O2S. The molecule has 1 aliphatic rings. The van der Waals surface area contributed by atoms with E-state index in [1.54, 1.807) is 0 Å². The first kappa shape index (κ1) is 16.1. The zero-order valence-electron chi connectivity index (χ0n) is 12.8. The zero-order chi connectivity index (χ0) is 15.4. The molecule has 0 aromatic carbocycles. The molecule has 8 heteroatoms. The summed E-state index contributed by atoms with van der Waals surface area (Å²) in [6.45, 7) is 3.09. The average Bonchev–Trinajstić information content (AvgIpc) is 2.78. The van der Waals surface area contributed by atoms with Crippen LogP contribution < -0.4 is 4.90 Å². The Bertz CT molecular complexity index is 483. The van der Waals surface area contributed by atoms with Crippen molar-refractivity contribution in [2.45, 2.75) is 18.0 Å². The summed E-state index contributed by atoms with van der Waals surface area (Å²) in [6.07, 6.45) is 2.31. The van der Waals surface area contributed by atoms with Gasteiger partial charge in [0.15, 0.2) is 5.16 Å². The molecule has 1 saturated heterocycles. The van der Waals surface area contributed by atoms with Gasteiger partial charge in [0, 0.05) is 26.7 Å². The molecule has 1 aromatic rings. The Balaban J connectivity index is 1.93. The van der Waals surface area contributed by atoms with Gasteiger partial charge in [0.05, 0.1) is 5.75 Å². The van der Waals surface area contributed by atoms with Crippen molar-refractivity contribution in [1.82, 2.24) is 19.7 Å². The summed E-state index contributed by atoms with van der Waals surface area (Å²) in [5.74, 6) is 0.752. The molecule has 0 spiro atoms. The van der Waals surface area contributed by atoms with E-state index < -0.39 is 5.97 Å². The van der Waals surface area contributed by atoms with Crippen LogP contribution in [0.3, 0.4) is 0 Å². The number of anilines is 1. The number of hydrogen-bond donors (Lipinski definition) is 1. The first-order chi connectivity index (χ1) is 9.97. The highest BCUT2D eigenvalue weighted by Crippen LogP contribution is 2.25. The number of piperidine rings is 1. The topological polar surface area (TPSA) is 74.5 Å². The fraction of sp³-hybridized carbons (Fsp3) is 0.769. The maximum Gasteiger partial charge on any atom is 0.313 e. The van der Waals surface area contributed by atoms with Crippen LogP contribution in [0.25, 0.3) is 0 Å². The van der Waals surface area contributed by atoms with Crippen molar-refractivity contribution in [2.75, 3.05) is 44.4 Å². The van der Waals surface area contributed by atoms with Crippen molar-refractivity contribution in [3.05, 3.63) is 0 Å². The molecule has 0 radical (unpaired) electrons.